The number of rotatable bonds is 7. The quantitative estimate of drug-likeness (QED) is 0.837. The van der Waals surface area contributed by atoms with Crippen molar-refractivity contribution in [3.63, 3.8) is 0 Å². The molecule has 0 amide bonds. The molecule has 0 saturated heterocycles. The minimum Gasteiger partial charge on any atom is -0.493 e. The lowest BCUT2D eigenvalue weighted by Crippen LogP contribution is -2.02. The second kappa shape index (κ2) is 7.40. The third-order valence-corrected chi connectivity index (χ3v) is 4.35. The van der Waals surface area contributed by atoms with Crippen LogP contribution in [0.25, 0.3) is 0 Å². The van der Waals surface area contributed by atoms with Gasteiger partial charge in [0.25, 0.3) is 0 Å². The van der Waals surface area contributed by atoms with Gasteiger partial charge in [-0.2, -0.15) is 0 Å². The van der Waals surface area contributed by atoms with Crippen LogP contribution in [-0.2, 0) is 12.8 Å². The molecule has 0 spiro atoms. The number of carbonyl (C=O) groups is 1. The Labute approximate surface area is 134 Å². The van der Waals surface area contributed by atoms with Crippen molar-refractivity contribution in [1.82, 2.24) is 4.98 Å². The summed E-state index contributed by atoms with van der Waals surface area (Å²) < 4.78 is 5.76. The zero-order valence-corrected chi connectivity index (χ0v) is 14.0. The second-order valence-electron chi connectivity index (χ2n) is 5.36. The van der Waals surface area contributed by atoms with Gasteiger partial charge < -0.3 is 9.84 Å². The summed E-state index contributed by atoms with van der Waals surface area (Å²) in [5.74, 6) is -0.0382. The maximum Gasteiger partial charge on any atom is 0.347 e. The molecule has 2 aromatic rings. The van der Waals surface area contributed by atoms with Crippen molar-refractivity contribution in [3.05, 3.63) is 44.9 Å². The summed E-state index contributed by atoms with van der Waals surface area (Å²) in [6, 6.07) is 6.10. The van der Waals surface area contributed by atoms with E-state index in [4.69, 9.17) is 4.74 Å². The number of hydrogen-bond acceptors (Lipinski definition) is 4. The predicted octanol–water partition coefficient (Wildman–Crippen LogP) is 4.03. The average molecular weight is 319 g/mol. The molecule has 0 aliphatic carbocycles. The van der Waals surface area contributed by atoms with E-state index in [9.17, 15) is 9.90 Å². The molecule has 0 bridgehead atoms. The standard InChI is InChI=1S/C17H21NO3S/c1-4-5-14-16(17(19)20)22-15(18-14)6-7-21-13-9-11(2)8-12(3)10-13/h8-10H,4-7H2,1-3H3,(H,19,20). The third kappa shape index (κ3) is 4.31. The highest BCUT2D eigenvalue weighted by Crippen LogP contribution is 2.21. The van der Waals surface area contributed by atoms with Crippen LogP contribution in [0.5, 0.6) is 5.75 Å². The summed E-state index contributed by atoms with van der Waals surface area (Å²) in [6.07, 6.45) is 2.22. The molecular weight excluding hydrogens is 298 g/mol. The highest BCUT2D eigenvalue weighted by atomic mass is 32.1. The number of thiazole rings is 1. The Morgan fingerprint density at radius 2 is 1.91 bits per heavy atom. The highest BCUT2D eigenvalue weighted by molar-refractivity contribution is 7.13. The molecular formula is C17H21NO3S. The predicted molar refractivity (Wildman–Crippen MR) is 88.2 cm³/mol. The van der Waals surface area contributed by atoms with Gasteiger partial charge in [0.1, 0.15) is 10.6 Å². The van der Waals surface area contributed by atoms with E-state index in [1.807, 2.05) is 32.9 Å². The van der Waals surface area contributed by atoms with Crippen molar-refractivity contribution in [1.29, 1.82) is 0 Å². The summed E-state index contributed by atoms with van der Waals surface area (Å²) in [4.78, 5) is 16.0. The van der Waals surface area contributed by atoms with Gasteiger partial charge in [0.2, 0.25) is 0 Å². The van der Waals surface area contributed by atoms with Gasteiger partial charge in [-0.1, -0.05) is 19.4 Å². The molecule has 0 fully saturated rings. The lowest BCUT2D eigenvalue weighted by molar-refractivity contribution is 0.0700. The average Bonchev–Trinajstić information content (AvgIpc) is 2.81. The first kappa shape index (κ1) is 16.5. The molecule has 0 aliphatic heterocycles. The molecule has 1 N–H and O–H groups in total. The van der Waals surface area contributed by atoms with E-state index in [1.165, 1.54) is 22.5 Å². The molecule has 1 heterocycles. The SMILES string of the molecule is CCCc1nc(CCOc2cc(C)cc(C)c2)sc1C(=O)O. The molecule has 0 radical (unpaired) electrons. The van der Waals surface area contributed by atoms with E-state index in [0.29, 0.717) is 30.0 Å². The van der Waals surface area contributed by atoms with E-state index < -0.39 is 5.97 Å². The van der Waals surface area contributed by atoms with Crippen LogP contribution in [0, 0.1) is 13.8 Å². The van der Waals surface area contributed by atoms with Crippen molar-refractivity contribution < 1.29 is 14.6 Å². The number of benzene rings is 1. The number of nitrogens with zero attached hydrogens (tertiary/aromatic N) is 1. The van der Waals surface area contributed by atoms with Crippen LogP contribution < -0.4 is 4.74 Å². The molecule has 4 nitrogen and oxygen atoms in total. The smallest absolute Gasteiger partial charge is 0.347 e. The van der Waals surface area contributed by atoms with Crippen molar-refractivity contribution in [2.24, 2.45) is 0 Å². The minimum atomic E-state index is -0.887. The largest absolute Gasteiger partial charge is 0.493 e. The van der Waals surface area contributed by atoms with Gasteiger partial charge in [-0.15, -0.1) is 11.3 Å². The van der Waals surface area contributed by atoms with Crippen LogP contribution >= 0.6 is 11.3 Å². The van der Waals surface area contributed by atoms with Crippen LogP contribution in [0.2, 0.25) is 0 Å². The first-order chi connectivity index (χ1) is 10.5. The lowest BCUT2D eigenvalue weighted by Gasteiger charge is -2.07. The maximum absolute atomic E-state index is 11.2. The fraction of sp³-hybridized carbons (Fsp3) is 0.412. The Hall–Kier alpha value is -1.88. The molecule has 2 rings (SSSR count). The van der Waals surface area contributed by atoms with Gasteiger partial charge in [0.05, 0.1) is 17.3 Å². The topological polar surface area (TPSA) is 59.4 Å². The van der Waals surface area contributed by atoms with Gasteiger partial charge in [0.15, 0.2) is 0 Å². The number of ether oxygens (including phenoxy) is 1. The van der Waals surface area contributed by atoms with E-state index >= 15 is 0 Å². The summed E-state index contributed by atoms with van der Waals surface area (Å²) in [6.45, 7) is 6.60. The molecule has 0 saturated carbocycles. The van der Waals surface area contributed by atoms with Crippen molar-refractivity contribution >= 4 is 17.3 Å². The number of hydrogen-bond donors (Lipinski definition) is 1. The molecule has 1 aromatic carbocycles. The normalized spacial score (nSPS) is 10.7. The zero-order chi connectivity index (χ0) is 16.1. The Morgan fingerprint density at radius 3 is 2.50 bits per heavy atom. The third-order valence-electron chi connectivity index (χ3n) is 3.20. The van der Waals surface area contributed by atoms with Gasteiger partial charge in [0, 0.05) is 6.42 Å². The molecule has 118 valence electrons. The van der Waals surface area contributed by atoms with Crippen molar-refractivity contribution in [3.8, 4) is 5.75 Å². The number of aromatic carboxylic acids is 1. The summed E-state index contributed by atoms with van der Waals surface area (Å²) in [5.41, 5.74) is 3.03. The monoisotopic (exact) mass is 319 g/mol. The van der Waals surface area contributed by atoms with Crippen LogP contribution in [0.4, 0.5) is 0 Å². The first-order valence-corrected chi connectivity index (χ1v) is 8.24. The van der Waals surface area contributed by atoms with Crippen LogP contribution in [0.1, 0.15) is 44.8 Å². The molecule has 0 atom stereocenters. The maximum atomic E-state index is 11.2. The van der Waals surface area contributed by atoms with Gasteiger partial charge in [-0.25, -0.2) is 9.78 Å². The molecule has 5 heteroatoms. The van der Waals surface area contributed by atoms with Crippen molar-refractivity contribution in [2.75, 3.05) is 6.61 Å². The Balaban J connectivity index is 1.99. The number of aryl methyl sites for hydroxylation is 3. The van der Waals surface area contributed by atoms with Crippen LogP contribution in [0.15, 0.2) is 18.2 Å². The fourth-order valence-electron chi connectivity index (χ4n) is 2.35. The fourth-order valence-corrected chi connectivity index (χ4v) is 3.28. The van der Waals surface area contributed by atoms with E-state index in [2.05, 4.69) is 11.1 Å². The first-order valence-electron chi connectivity index (χ1n) is 7.42. The van der Waals surface area contributed by atoms with Gasteiger partial charge in [-0.05, 0) is 43.5 Å². The number of aromatic nitrogens is 1. The highest BCUT2D eigenvalue weighted by Gasteiger charge is 2.16. The Morgan fingerprint density at radius 1 is 1.23 bits per heavy atom. The molecule has 0 unspecified atom stereocenters. The summed E-state index contributed by atoms with van der Waals surface area (Å²) in [5, 5.41) is 10.0. The Kier molecular flexibility index (Phi) is 5.55. The lowest BCUT2D eigenvalue weighted by atomic mass is 10.1. The number of carboxylic acid groups (broad SMARTS) is 1. The Bertz CT molecular complexity index is 644. The van der Waals surface area contributed by atoms with E-state index in [-0.39, 0.29) is 0 Å². The molecule has 0 aliphatic rings. The zero-order valence-electron chi connectivity index (χ0n) is 13.2. The van der Waals surface area contributed by atoms with Crippen LogP contribution in [-0.4, -0.2) is 22.7 Å². The molecule has 22 heavy (non-hydrogen) atoms. The van der Waals surface area contributed by atoms with Crippen LogP contribution in [0.3, 0.4) is 0 Å². The summed E-state index contributed by atoms with van der Waals surface area (Å²) >= 11 is 1.26. The van der Waals surface area contributed by atoms with E-state index in [1.54, 1.807) is 0 Å². The number of carboxylic acids is 1. The van der Waals surface area contributed by atoms with E-state index in [0.717, 1.165) is 17.2 Å². The van der Waals surface area contributed by atoms with Gasteiger partial charge >= 0.3 is 5.97 Å². The second-order valence-corrected chi connectivity index (χ2v) is 6.44. The van der Waals surface area contributed by atoms with Crippen molar-refractivity contribution in [2.45, 2.75) is 40.0 Å². The molecule has 1 aromatic heterocycles. The minimum absolute atomic E-state index is 0.364. The summed E-state index contributed by atoms with van der Waals surface area (Å²) in [7, 11) is 0. The van der Waals surface area contributed by atoms with Gasteiger partial charge in [-0.3, -0.25) is 0 Å².